The molecule has 0 radical (unpaired) electrons. The first-order chi connectivity index (χ1) is 7.65. The van der Waals surface area contributed by atoms with E-state index in [2.05, 4.69) is 67.3 Å². The number of hydrogen-bond donors (Lipinski definition) is 1. The molecule has 0 aliphatic rings. The Kier molecular flexibility index (Phi) is 5.50. The van der Waals surface area contributed by atoms with Gasteiger partial charge >= 0.3 is 0 Å². The van der Waals surface area contributed by atoms with Crippen LogP contribution < -0.4 is 5.32 Å². The van der Waals surface area contributed by atoms with E-state index < -0.39 is 0 Å². The molecule has 1 unspecified atom stereocenters. The molecule has 0 amide bonds. The molecule has 0 bridgehead atoms. The molecule has 0 heterocycles. The van der Waals surface area contributed by atoms with Gasteiger partial charge in [-0.1, -0.05) is 54.8 Å². The van der Waals surface area contributed by atoms with E-state index in [1.807, 2.05) is 0 Å². The van der Waals surface area contributed by atoms with Crippen LogP contribution in [-0.2, 0) is 0 Å². The summed E-state index contributed by atoms with van der Waals surface area (Å²) in [7, 11) is 2.06. The second-order valence-electron chi connectivity index (χ2n) is 4.30. The van der Waals surface area contributed by atoms with Crippen LogP contribution >= 0.6 is 15.9 Å². The minimum absolute atomic E-state index is 0.465. The third-order valence-electron chi connectivity index (χ3n) is 3.48. The van der Waals surface area contributed by atoms with Crippen molar-refractivity contribution in [2.75, 3.05) is 7.05 Å². The highest BCUT2D eigenvalue weighted by molar-refractivity contribution is 9.10. The third kappa shape index (κ3) is 2.86. The fourth-order valence-electron chi connectivity index (χ4n) is 2.37. The molecule has 0 fully saturated rings. The highest BCUT2D eigenvalue weighted by Gasteiger charge is 2.20. The second kappa shape index (κ2) is 6.41. The summed E-state index contributed by atoms with van der Waals surface area (Å²) in [5.74, 6) is 0.706. The monoisotopic (exact) mass is 283 g/mol. The van der Waals surface area contributed by atoms with Gasteiger partial charge in [-0.25, -0.2) is 0 Å². The van der Waals surface area contributed by atoms with Crippen LogP contribution in [0, 0.1) is 12.8 Å². The van der Waals surface area contributed by atoms with Crippen molar-refractivity contribution >= 4 is 15.9 Å². The Labute approximate surface area is 108 Å². The lowest BCUT2D eigenvalue weighted by molar-refractivity contribution is 0.358. The lowest BCUT2D eigenvalue weighted by Crippen LogP contribution is -2.25. The van der Waals surface area contributed by atoms with Crippen LogP contribution in [0.5, 0.6) is 0 Å². The zero-order chi connectivity index (χ0) is 12.1. The van der Waals surface area contributed by atoms with Gasteiger partial charge in [0.25, 0.3) is 0 Å². The Hall–Kier alpha value is -0.340. The van der Waals surface area contributed by atoms with E-state index in [1.54, 1.807) is 0 Å². The largest absolute Gasteiger partial charge is 0.313 e. The third-order valence-corrected chi connectivity index (χ3v) is 4.33. The van der Waals surface area contributed by atoms with Gasteiger partial charge in [0.15, 0.2) is 0 Å². The van der Waals surface area contributed by atoms with Crippen LogP contribution in [0.15, 0.2) is 22.7 Å². The van der Waals surface area contributed by atoms with Crippen molar-refractivity contribution in [2.24, 2.45) is 5.92 Å². The summed E-state index contributed by atoms with van der Waals surface area (Å²) in [6.07, 6.45) is 2.43. The Balaban J connectivity index is 3.07. The van der Waals surface area contributed by atoms with Crippen molar-refractivity contribution in [1.29, 1.82) is 0 Å². The van der Waals surface area contributed by atoms with Gasteiger partial charge < -0.3 is 5.32 Å². The van der Waals surface area contributed by atoms with Crippen LogP contribution in [-0.4, -0.2) is 7.05 Å². The zero-order valence-electron chi connectivity index (χ0n) is 10.7. The first-order valence-electron chi connectivity index (χ1n) is 6.07. The van der Waals surface area contributed by atoms with Crippen molar-refractivity contribution in [1.82, 2.24) is 5.32 Å². The summed E-state index contributed by atoms with van der Waals surface area (Å²) in [6, 6.07) is 6.93. The SMILES string of the molecule is CCC(CC)C(NC)c1cccc(Br)c1C. The van der Waals surface area contributed by atoms with E-state index in [-0.39, 0.29) is 0 Å². The van der Waals surface area contributed by atoms with Crippen LogP contribution in [0.3, 0.4) is 0 Å². The second-order valence-corrected chi connectivity index (χ2v) is 5.15. The fourth-order valence-corrected chi connectivity index (χ4v) is 2.75. The van der Waals surface area contributed by atoms with E-state index in [0.717, 1.165) is 0 Å². The van der Waals surface area contributed by atoms with Crippen LogP contribution in [0.2, 0.25) is 0 Å². The lowest BCUT2D eigenvalue weighted by Gasteiger charge is -2.27. The number of benzene rings is 1. The van der Waals surface area contributed by atoms with Gasteiger partial charge in [0, 0.05) is 10.5 Å². The molecular weight excluding hydrogens is 262 g/mol. The Morgan fingerprint density at radius 1 is 1.25 bits per heavy atom. The molecule has 0 aromatic heterocycles. The van der Waals surface area contributed by atoms with Crippen LogP contribution in [0.4, 0.5) is 0 Å². The Morgan fingerprint density at radius 3 is 2.38 bits per heavy atom. The van der Waals surface area contributed by atoms with E-state index in [9.17, 15) is 0 Å². The smallest absolute Gasteiger partial charge is 0.0348 e. The highest BCUT2D eigenvalue weighted by Crippen LogP contribution is 2.31. The summed E-state index contributed by atoms with van der Waals surface area (Å²) in [4.78, 5) is 0. The van der Waals surface area contributed by atoms with Gasteiger partial charge in [-0.05, 0) is 37.1 Å². The quantitative estimate of drug-likeness (QED) is 0.842. The molecule has 0 spiro atoms. The predicted octanol–water partition coefficient (Wildman–Crippen LogP) is 4.45. The molecule has 0 aliphatic heterocycles. The van der Waals surface area contributed by atoms with E-state index >= 15 is 0 Å². The van der Waals surface area contributed by atoms with Gasteiger partial charge in [-0.15, -0.1) is 0 Å². The van der Waals surface area contributed by atoms with E-state index in [1.165, 1.54) is 28.4 Å². The summed E-state index contributed by atoms with van der Waals surface area (Å²) in [6.45, 7) is 6.73. The first-order valence-corrected chi connectivity index (χ1v) is 6.87. The standard InChI is InChI=1S/C14H22BrN/c1-5-11(6-2)14(16-4)12-8-7-9-13(15)10(12)3/h7-9,11,14,16H,5-6H2,1-4H3. The molecule has 2 heteroatoms. The highest BCUT2D eigenvalue weighted by atomic mass is 79.9. The molecule has 1 nitrogen and oxygen atoms in total. The Bertz CT molecular complexity index is 332. The number of rotatable bonds is 5. The normalized spacial score (nSPS) is 13.1. The lowest BCUT2D eigenvalue weighted by atomic mass is 9.87. The molecule has 0 saturated heterocycles. The van der Waals surface area contributed by atoms with Crippen molar-refractivity contribution in [3.05, 3.63) is 33.8 Å². The number of hydrogen-bond acceptors (Lipinski definition) is 1. The Morgan fingerprint density at radius 2 is 1.88 bits per heavy atom. The van der Waals surface area contributed by atoms with E-state index in [4.69, 9.17) is 0 Å². The van der Waals surface area contributed by atoms with E-state index in [0.29, 0.717) is 12.0 Å². The van der Waals surface area contributed by atoms with Crippen molar-refractivity contribution in [3.8, 4) is 0 Å². The molecule has 1 aromatic carbocycles. The van der Waals surface area contributed by atoms with Crippen LogP contribution in [0.1, 0.15) is 43.9 Å². The maximum absolute atomic E-state index is 3.61. The van der Waals surface area contributed by atoms with Crippen molar-refractivity contribution in [3.63, 3.8) is 0 Å². The molecule has 0 saturated carbocycles. The van der Waals surface area contributed by atoms with Gasteiger partial charge in [0.2, 0.25) is 0 Å². The summed E-state index contributed by atoms with van der Waals surface area (Å²) in [5.41, 5.74) is 2.78. The zero-order valence-corrected chi connectivity index (χ0v) is 12.3. The summed E-state index contributed by atoms with van der Waals surface area (Å²) in [5, 5.41) is 3.47. The molecule has 1 N–H and O–H groups in total. The molecule has 0 aliphatic carbocycles. The average Bonchev–Trinajstić information content (AvgIpc) is 2.30. The molecule has 1 rings (SSSR count). The summed E-state index contributed by atoms with van der Waals surface area (Å²) >= 11 is 3.61. The maximum Gasteiger partial charge on any atom is 0.0348 e. The molecule has 90 valence electrons. The molecule has 1 aromatic rings. The maximum atomic E-state index is 3.61. The molecule has 16 heavy (non-hydrogen) atoms. The number of halogens is 1. The number of nitrogens with one attached hydrogen (secondary N) is 1. The minimum atomic E-state index is 0.465. The topological polar surface area (TPSA) is 12.0 Å². The summed E-state index contributed by atoms with van der Waals surface area (Å²) < 4.78 is 1.20. The van der Waals surface area contributed by atoms with Gasteiger partial charge in [-0.2, -0.15) is 0 Å². The first kappa shape index (κ1) is 13.7. The molecular formula is C14H22BrN. The van der Waals surface area contributed by atoms with Gasteiger partial charge in [0.05, 0.1) is 0 Å². The van der Waals surface area contributed by atoms with Gasteiger partial charge in [-0.3, -0.25) is 0 Å². The average molecular weight is 284 g/mol. The van der Waals surface area contributed by atoms with Crippen molar-refractivity contribution in [2.45, 2.75) is 39.7 Å². The van der Waals surface area contributed by atoms with Crippen LogP contribution in [0.25, 0.3) is 0 Å². The minimum Gasteiger partial charge on any atom is -0.313 e. The van der Waals surface area contributed by atoms with Gasteiger partial charge in [0.1, 0.15) is 0 Å². The predicted molar refractivity (Wildman–Crippen MR) is 74.8 cm³/mol. The molecule has 1 atom stereocenters. The fraction of sp³-hybridized carbons (Fsp3) is 0.571. The van der Waals surface area contributed by atoms with Crippen molar-refractivity contribution < 1.29 is 0 Å².